The molecule has 0 saturated carbocycles. The van der Waals surface area contributed by atoms with Crippen molar-refractivity contribution in [3.8, 4) is 11.5 Å². The Labute approximate surface area is 156 Å². The summed E-state index contributed by atoms with van der Waals surface area (Å²) in [5.74, 6) is -0.606. The molecular formula is C18H24O9. The lowest BCUT2D eigenvalue weighted by atomic mass is 9.99. The van der Waals surface area contributed by atoms with Crippen molar-refractivity contribution in [1.82, 2.24) is 0 Å². The molecule has 0 aromatic heterocycles. The van der Waals surface area contributed by atoms with Gasteiger partial charge in [0, 0.05) is 12.7 Å². The van der Waals surface area contributed by atoms with E-state index in [1.54, 1.807) is 13.0 Å². The van der Waals surface area contributed by atoms with Crippen molar-refractivity contribution in [2.24, 2.45) is 0 Å². The molecule has 150 valence electrons. The van der Waals surface area contributed by atoms with E-state index in [4.69, 9.17) is 18.9 Å². The number of ether oxygens (including phenoxy) is 4. The van der Waals surface area contributed by atoms with Gasteiger partial charge in [0.1, 0.15) is 18.3 Å². The van der Waals surface area contributed by atoms with Crippen LogP contribution in [0.1, 0.15) is 12.5 Å². The van der Waals surface area contributed by atoms with Gasteiger partial charge in [-0.3, -0.25) is 0 Å². The predicted molar refractivity (Wildman–Crippen MR) is 93.0 cm³/mol. The number of rotatable bonds is 7. The largest absolute Gasteiger partial charge is 0.504 e. The lowest BCUT2D eigenvalue weighted by Gasteiger charge is -2.41. The first-order chi connectivity index (χ1) is 12.9. The molecule has 1 saturated heterocycles. The van der Waals surface area contributed by atoms with Crippen molar-refractivity contribution in [3.63, 3.8) is 0 Å². The summed E-state index contributed by atoms with van der Waals surface area (Å²) in [5.41, 5.74) is 0.567. The van der Waals surface area contributed by atoms with Gasteiger partial charge in [-0.25, -0.2) is 4.79 Å². The van der Waals surface area contributed by atoms with E-state index in [0.29, 0.717) is 5.56 Å². The Kier molecular flexibility index (Phi) is 7.57. The number of hydrogen-bond donors (Lipinski definition) is 4. The summed E-state index contributed by atoms with van der Waals surface area (Å²) < 4.78 is 20.6. The average Bonchev–Trinajstić information content (AvgIpc) is 2.67. The van der Waals surface area contributed by atoms with E-state index in [9.17, 15) is 25.2 Å². The number of carbonyl (C=O) groups excluding carboxylic acids is 1. The maximum Gasteiger partial charge on any atom is 0.331 e. The van der Waals surface area contributed by atoms with E-state index in [1.807, 2.05) is 0 Å². The van der Waals surface area contributed by atoms with Crippen LogP contribution in [-0.2, 0) is 19.0 Å². The normalized spacial score (nSPS) is 28.3. The quantitative estimate of drug-likeness (QED) is 0.372. The Morgan fingerprint density at radius 3 is 2.67 bits per heavy atom. The number of hydrogen-bond acceptors (Lipinski definition) is 9. The Morgan fingerprint density at radius 1 is 1.30 bits per heavy atom. The van der Waals surface area contributed by atoms with Crippen LogP contribution in [0.5, 0.6) is 11.5 Å². The van der Waals surface area contributed by atoms with Gasteiger partial charge in [-0.05, 0) is 30.7 Å². The molecule has 1 aromatic rings. The Morgan fingerprint density at radius 2 is 2.04 bits per heavy atom. The zero-order chi connectivity index (χ0) is 20.0. The van der Waals surface area contributed by atoms with E-state index in [0.717, 1.165) is 6.08 Å². The second-order valence-corrected chi connectivity index (χ2v) is 5.83. The van der Waals surface area contributed by atoms with Gasteiger partial charge in [-0.1, -0.05) is 6.07 Å². The Hall–Kier alpha value is -2.17. The van der Waals surface area contributed by atoms with Crippen LogP contribution in [0.15, 0.2) is 24.3 Å². The third kappa shape index (κ3) is 5.18. The molecule has 27 heavy (non-hydrogen) atoms. The lowest BCUT2D eigenvalue weighted by Crippen LogP contribution is -2.60. The first-order valence-electron chi connectivity index (χ1n) is 8.41. The summed E-state index contributed by atoms with van der Waals surface area (Å²) in [6.07, 6.45) is -3.84. The molecule has 9 nitrogen and oxygen atoms in total. The fourth-order valence-corrected chi connectivity index (χ4v) is 2.64. The Bertz CT molecular complexity index is 658. The molecule has 0 bridgehead atoms. The van der Waals surface area contributed by atoms with E-state index < -0.39 is 43.3 Å². The molecule has 1 fully saturated rings. The van der Waals surface area contributed by atoms with Crippen LogP contribution in [0.4, 0.5) is 0 Å². The predicted octanol–water partition coefficient (Wildman–Crippen LogP) is -0.199. The highest BCUT2D eigenvalue weighted by molar-refractivity contribution is 5.87. The number of carbonyl (C=O) groups is 1. The van der Waals surface area contributed by atoms with E-state index in [2.05, 4.69) is 0 Å². The summed E-state index contributed by atoms with van der Waals surface area (Å²) in [7, 11) is 1.40. The number of methoxy groups -OCH3 is 1. The average molecular weight is 384 g/mol. The molecule has 0 amide bonds. The zero-order valence-electron chi connectivity index (χ0n) is 15.0. The molecule has 1 aliphatic heterocycles. The van der Waals surface area contributed by atoms with Gasteiger partial charge < -0.3 is 39.4 Å². The fourth-order valence-electron chi connectivity index (χ4n) is 2.64. The van der Waals surface area contributed by atoms with Crippen molar-refractivity contribution in [2.75, 3.05) is 20.3 Å². The number of aliphatic hydroxyl groups excluding tert-OH is 3. The van der Waals surface area contributed by atoms with E-state index in [-0.39, 0.29) is 18.1 Å². The number of aliphatic hydroxyl groups is 3. The van der Waals surface area contributed by atoms with Gasteiger partial charge in [0.05, 0.1) is 13.7 Å². The minimum absolute atomic E-state index is 0.0386. The third-order valence-corrected chi connectivity index (χ3v) is 4.02. The molecule has 1 aromatic carbocycles. The van der Waals surface area contributed by atoms with Crippen LogP contribution in [0.25, 0.3) is 6.08 Å². The summed E-state index contributed by atoms with van der Waals surface area (Å²) in [4.78, 5) is 12.1. The lowest BCUT2D eigenvalue weighted by molar-refractivity contribution is -0.301. The molecule has 0 unspecified atom stereocenters. The molecule has 1 aliphatic rings. The first kappa shape index (κ1) is 21.1. The van der Waals surface area contributed by atoms with Crippen LogP contribution in [0.3, 0.4) is 0 Å². The molecule has 0 spiro atoms. The molecule has 5 atom stereocenters. The number of phenols is 1. The number of aromatic hydroxyl groups is 1. The molecule has 4 N–H and O–H groups in total. The fraction of sp³-hybridized carbons (Fsp3) is 0.500. The van der Waals surface area contributed by atoms with Crippen LogP contribution >= 0.6 is 0 Å². The van der Waals surface area contributed by atoms with E-state index in [1.165, 1.54) is 25.3 Å². The number of esters is 1. The van der Waals surface area contributed by atoms with Crippen LogP contribution < -0.4 is 4.74 Å². The number of phenolic OH excluding ortho intramolecular Hbond substituents is 1. The smallest absolute Gasteiger partial charge is 0.331 e. The van der Waals surface area contributed by atoms with Crippen LogP contribution in [0, 0.1) is 0 Å². The monoisotopic (exact) mass is 384 g/mol. The van der Waals surface area contributed by atoms with Gasteiger partial charge in [0.15, 0.2) is 23.9 Å². The highest BCUT2D eigenvalue weighted by atomic mass is 16.7. The van der Waals surface area contributed by atoms with Crippen molar-refractivity contribution >= 4 is 12.0 Å². The summed E-state index contributed by atoms with van der Waals surface area (Å²) in [5, 5.41) is 39.2. The number of benzene rings is 1. The second-order valence-electron chi connectivity index (χ2n) is 5.83. The SMILES string of the molecule is CCO[C@@H]1O[C@H](CO)[C@@H](OC(=O)C=Cc2ccc(O)c(OC)c2)[C@H](O)[C@H]1O. The zero-order valence-corrected chi connectivity index (χ0v) is 15.0. The summed E-state index contributed by atoms with van der Waals surface area (Å²) >= 11 is 0. The minimum atomic E-state index is -1.49. The maximum absolute atomic E-state index is 12.1. The first-order valence-corrected chi connectivity index (χ1v) is 8.41. The summed E-state index contributed by atoms with van der Waals surface area (Å²) in [6, 6.07) is 4.49. The summed E-state index contributed by atoms with van der Waals surface area (Å²) in [6.45, 7) is 1.38. The third-order valence-electron chi connectivity index (χ3n) is 4.02. The Balaban J connectivity index is 2.05. The van der Waals surface area contributed by atoms with Crippen LogP contribution in [-0.4, -0.2) is 77.4 Å². The molecule has 9 heteroatoms. The molecule has 1 heterocycles. The molecular weight excluding hydrogens is 360 g/mol. The molecule has 0 radical (unpaired) electrons. The van der Waals surface area contributed by atoms with E-state index >= 15 is 0 Å². The van der Waals surface area contributed by atoms with Gasteiger partial charge >= 0.3 is 5.97 Å². The minimum Gasteiger partial charge on any atom is -0.504 e. The maximum atomic E-state index is 12.1. The standard InChI is InChI=1S/C18H24O9/c1-3-25-18-16(23)15(22)17(13(9-19)26-18)27-14(21)7-5-10-4-6-11(20)12(8-10)24-2/h4-8,13,15-20,22-23H,3,9H2,1-2H3/t13-,15-,16-,17-,18-/m1/s1. The van der Waals surface area contributed by atoms with Crippen molar-refractivity contribution in [1.29, 1.82) is 0 Å². The molecule has 0 aliphatic carbocycles. The van der Waals surface area contributed by atoms with Gasteiger partial charge in [0.25, 0.3) is 0 Å². The van der Waals surface area contributed by atoms with Gasteiger partial charge in [-0.2, -0.15) is 0 Å². The topological polar surface area (TPSA) is 135 Å². The molecule has 2 rings (SSSR count). The van der Waals surface area contributed by atoms with Crippen molar-refractivity contribution < 1.29 is 44.2 Å². The van der Waals surface area contributed by atoms with Gasteiger partial charge in [-0.15, -0.1) is 0 Å². The van der Waals surface area contributed by atoms with Crippen molar-refractivity contribution in [2.45, 2.75) is 37.6 Å². The van der Waals surface area contributed by atoms with Crippen molar-refractivity contribution in [3.05, 3.63) is 29.8 Å². The second kappa shape index (κ2) is 9.67. The highest BCUT2D eigenvalue weighted by Gasteiger charge is 2.46. The van der Waals surface area contributed by atoms with Crippen LogP contribution in [0.2, 0.25) is 0 Å². The highest BCUT2D eigenvalue weighted by Crippen LogP contribution is 2.27. The van der Waals surface area contributed by atoms with Gasteiger partial charge in [0.2, 0.25) is 0 Å².